The molecule has 140 valence electrons. The van der Waals surface area contributed by atoms with Crippen molar-refractivity contribution in [2.75, 3.05) is 27.3 Å². The van der Waals surface area contributed by atoms with Gasteiger partial charge in [-0.2, -0.15) is 4.31 Å². The van der Waals surface area contributed by atoms with E-state index in [1.807, 2.05) is 6.92 Å². The molecule has 1 aromatic carbocycles. The van der Waals surface area contributed by atoms with Gasteiger partial charge in [0.05, 0.1) is 23.6 Å². The number of aryl methyl sites for hydroxylation is 1. The number of aromatic nitrogens is 2. The molecule has 8 nitrogen and oxygen atoms in total. The summed E-state index contributed by atoms with van der Waals surface area (Å²) in [5, 5.41) is 2.66. The third kappa shape index (κ3) is 5.07. The van der Waals surface area contributed by atoms with Crippen LogP contribution in [0.25, 0.3) is 0 Å². The van der Waals surface area contributed by atoms with Gasteiger partial charge in [-0.15, -0.1) is 0 Å². The van der Waals surface area contributed by atoms with E-state index in [0.29, 0.717) is 24.5 Å². The topological polar surface area (TPSA) is 101 Å². The quantitative estimate of drug-likeness (QED) is 0.687. The summed E-state index contributed by atoms with van der Waals surface area (Å²) in [6, 6.07) is 6.62. The van der Waals surface area contributed by atoms with Crippen LogP contribution in [0.4, 0.5) is 0 Å². The molecule has 1 aromatic heterocycles. The smallest absolute Gasteiger partial charge is 0.254 e. The van der Waals surface area contributed by atoms with E-state index in [9.17, 15) is 13.2 Å². The minimum Gasteiger partial charge on any atom is -0.383 e. The molecule has 0 spiro atoms. The van der Waals surface area contributed by atoms with Crippen molar-refractivity contribution in [3.63, 3.8) is 0 Å². The number of ether oxygens (including phenoxy) is 1. The second-order valence-electron chi connectivity index (χ2n) is 5.71. The van der Waals surface area contributed by atoms with Crippen molar-refractivity contribution in [2.45, 2.75) is 18.4 Å². The molecule has 0 radical (unpaired) electrons. The van der Waals surface area contributed by atoms with Gasteiger partial charge in [-0.05, 0) is 19.1 Å². The molecule has 0 unspecified atom stereocenters. The molecule has 26 heavy (non-hydrogen) atoms. The predicted octanol–water partition coefficient (Wildman–Crippen LogP) is 0.982. The van der Waals surface area contributed by atoms with Crippen molar-refractivity contribution < 1.29 is 17.9 Å². The highest BCUT2D eigenvalue weighted by Gasteiger charge is 2.21. The second-order valence-corrected chi connectivity index (χ2v) is 7.76. The first-order valence-corrected chi connectivity index (χ1v) is 9.39. The van der Waals surface area contributed by atoms with Crippen molar-refractivity contribution in [3.8, 4) is 0 Å². The van der Waals surface area contributed by atoms with Crippen molar-refractivity contribution in [1.82, 2.24) is 19.6 Å². The van der Waals surface area contributed by atoms with Gasteiger partial charge in [0.1, 0.15) is 5.82 Å². The summed E-state index contributed by atoms with van der Waals surface area (Å²) in [5.41, 5.74) is 1.28. The van der Waals surface area contributed by atoms with Crippen molar-refractivity contribution in [2.24, 2.45) is 0 Å². The minimum absolute atomic E-state index is 0.00177. The number of carbonyl (C=O) groups is 1. The summed E-state index contributed by atoms with van der Waals surface area (Å²) in [6.45, 7) is 2.68. The van der Waals surface area contributed by atoms with Gasteiger partial charge < -0.3 is 10.1 Å². The summed E-state index contributed by atoms with van der Waals surface area (Å²) in [4.78, 5) is 20.2. The third-order valence-corrected chi connectivity index (χ3v) is 5.47. The summed E-state index contributed by atoms with van der Waals surface area (Å²) in [7, 11) is -0.626. The van der Waals surface area contributed by atoms with Gasteiger partial charge >= 0.3 is 0 Å². The Bertz CT molecular complexity index is 836. The zero-order valence-corrected chi connectivity index (χ0v) is 15.8. The van der Waals surface area contributed by atoms with E-state index in [1.165, 1.54) is 23.7 Å². The standard InChI is InChI=1S/C17H22N4O4S/c1-13-4-6-15(7-5-13)26(23,24)21(2)12-16-19-10-14(11-20-16)17(22)18-8-9-25-3/h4-7,10-11H,8-9,12H2,1-3H3,(H,18,22). The SMILES string of the molecule is COCCNC(=O)c1cnc(CN(C)S(=O)(=O)c2ccc(C)cc2)nc1. The van der Waals surface area contributed by atoms with E-state index in [-0.39, 0.29) is 17.3 Å². The highest BCUT2D eigenvalue weighted by Crippen LogP contribution is 2.16. The van der Waals surface area contributed by atoms with Crippen LogP contribution in [-0.2, 0) is 21.3 Å². The van der Waals surface area contributed by atoms with E-state index < -0.39 is 10.0 Å². The van der Waals surface area contributed by atoms with Crippen LogP contribution in [0.15, 0.2) is 41.6 Å². The van der Waals surface area contributed by atoms with Gasteiger partial charge in [0, 0.05) is 33.1 Å². The Labute approximate surface area is 153 Å². The summed E-state index contributed by atoms with van der Waals surface area (Å²) >= 11 is 0. The molecule has 0 bridgehead atoms. The van der Waals surface area contributed by atoms with Crippen LogP contribution in [-0.4, -0.2) is 55.9 Å². The van der Waals surface area contributed by atoms with E-state index >= 15 is 0 Å². The van der Waals surface area contributed by atoms with Crippen LogP contribution >= 0.6 is 0 Å². The van der Waals surface area contributed by atoms with Gasteiger partial charge in [-0.25, -0.2) is 18.4 Å². The summed E-state index contributed by atoms with van der Waals surface area (Å²) < 4.78 is 31.2. The van der Waals surface area contributed by atoms with Crippen LogP contribution in [0.3, 0.4) is 0 Å². The van der Waals surface area contributed by atoms with Crippen LogP contribution in [0, 0.1) is 6.92 Å². The van der Waals surface area contributed by atoms with Crippen molar-refractivity contribution in [3.05, 3.63) is 53.6 Å². The Morgan fingerprint density at radius 2 is 1.81 bits per heavy atom. The molecule has 9 heteroatoms. The van der Waals surface area contributed by atoms with Gasteiger partial charge in [-0.1, -0.05) is 17.7 Å². The van der Waals surface area contributed by atoms with Gasteiger partial charge in [-0.3, -0.25) is 4.79 Å². The van der Waals surface area contributed by atoms with Crippen molar-refractivity contribution in [1.29, 1.82) is 0 Å². The number of hydrogen-bond acceptors (Lipinski definition) is 6. The van der Waals surface area contributed by atoms with Crippen LogP contribution in [0.2, 0.25) is 0 Å². The van der Waals surface area contributed by atoms with Crippen molar-refractivity contribution >= 4 is 15.9 Å². The Morgan fingerprint density at radius 3 is 2.38 bits per heavy atom. The Kier molecular flexibility index (Phi) is 6.78. The van der Waals surface area contributed by atoms with E-state index in [4.69, 9.17) is 4.74 Å². The van der Waals surface area contributed by atoms with Gasteiger partial charge in [0.2, 0.25) is 10.0 Å². The fourth-order valence-corrected chi connectivity index (χ4v) is 3.22. The van der Waals surface area contributed by atoms with Crippen LogP contribution < -0.4 is 5.32 Å². The normalized spacial score (nSPS) is 11.5. The number of hydrogen-bond donors (Lipinski definition) is 1. The zero-order chi connectivity index (χ0) is 19.2. The molecule has 0 saturated heterocycles. The number of methoxy groups -OCH3 is 1. The Morgan fingerprint density at radius 1 is 1.19 bits per heavy atom. The molecule has 1 N–H and O–H groups in total. The zero-order valence-electron chi connectivity index (χ0n) is 15.0. The largest absolute Gasteiger partial charge is 0.383 e. The molecule has 2 rings (SSSR count). The maximum Gasteiger partial charge on any atom is 0.254 e. The molecule has 0 aliphatic rings. The Balaban J connectivity index is 2.03. The van der Waals surface area contributed by atoms with Gasteiger partial charge in [0.15, 0.2) is 0 Å². The summed E-state index contributed by atoms with van der Waals surface area (Å²) in [5.74, 6) is -0.00846. The number of carbonyl (C=O) groups excluding carboxylic acids is 1. The molecular formula is C17H22N4O4S. The average Bonchev–Trinajstić information content (AvgIpc) is 2.62. The lowest BCUT2D eigenvalue weighted by molar-refractivity contribution is 0.0936. The highest BCUT2D eigenvalue weighted by atomic mass is 32.2. The molecule has 0 atom stereocenters. The maximum absolute atomic E-state index is 12.6. The molecule has 0 saturated carbocycles. The van der Waals surface area contributed by atoms with E-state index in [0.717, 1.165) is 5.56 Å². The number of rotatable bonds is 8. The average molecular weight is 378 g/mol. The maximum atomic E-state index is 12.6. The molecule has 0 aliphatic heterocycles. The van der Waals surface area contributed by atoms with Gasteiger partial charge in [0.25, 0.3) is 5.91 Å². The van der Waals surface area contributed by atoms with E-state index in [2.05, 4.69) is 15.3 Å². The molecule has 1 amide bonds. The van der Waals surface area contributed by atoms with E-state index in [1.54, 1.807) is 31.4 Å². The monoisotopic (exact) mass is 378 g/mol. The van der Waals surface area contributed by atoms with Crippen LogP contribution in [0.5, 0.6) is 0 Å². The number of nitrogens with zero attached hydrogens (tertiary/aromatic N) is 3. The second kappa shape index (κ2) is 8.84. The first-order chi connectivity index (χ1) is 12.3. The third-order valence-electron chi connectivity index (χ3n) is 3.65. The lowest BCUT2D eigenvalue weighted by Gasteiger charge is -2.16. The molecule has 2 aromatic rings. The molecule has 0 fully saturated rings. The fourth-order valence-electron chi connectivity index (χ4n) is 2.10. The summed E-state index contributed by atoms with van der Waals surface area (Å²) in [6.07, 6.45) is 2.74. The fraction of sp³-hybridized carbons (Fsp3) is 0.353. The number of benzene rings is 1. The lowest BCUT2D eigenvalue weighted by Crippen LogP contribution is -2.28. The Hall–Kier alpha value is -2.36. The molecule has 1 heterocycles. The minimum atomic E-state index is -3.64. The number of amides is 1. The van der Waals surface area contributed by atoms with Crippen LogP contribution in [0.1, 0.15) is 21.7 Å². The predicted molar refractivity (Wildman–Crippen MR) is 96.1 cm³/mol. The first-order valence-electron chi connectivity index (χ1n) is 7.95. The number of sulfonamides is 1. The first kappa shape index (κ1) is 20.0. The molecular weight excluding hydrogens is 356 g/mol. The lowest BCUT2D eigenvalue weighted by atomic mass is 10.2. The number of nitrogens with one attached hydrogen (secondary N) is 1. The molecule has 0 aliphatic carbocycles. The highest BCUT2D eigenvalue weighted by molar-refractivity contribution is 7.89.